The molecule has 2 atom stereocenters. The summed E-state index contributed by atoms with van der Waals surface area (Å²) in [4.78, 5) is 12.3. The second kappa shape index (κ2) is 5.97. The summed E-state index contributed by atoms with van der Waals surface area (Å²) in [6.07, 6.45) is 6.87. The van der Waals surface area contributed by atoms with Gasteiger partial charge in [-0.15, -0.1) is 0 Å². The predicted octanol–water partition coefficient (Wildman–Crippen LogP) is 2.86. The number of rotatable bonds is 4. The fraction of sp³-hybridized carbons (Fsp3) is 0.857. The van der Waals surface area contributed by atoms with Gasteiger partial charge in [-0.1, -0.05) is 19.8 Å². The number of hydrogen-bond donors (Lipinski definition) is 1. The molecule has 18 heavy (non-hydrogen) atoms. The molecule has 2 unspecified atom stereocenters. The van der Waals surface area contributed by atoms with Gasteiger partial charge in [0.1, 0.15) is 5.41 Å². The summed E-state index contributed by atoms with van der Waals surface area (Å²) in [5.74, 6) is 1.14. The molecule has 0 aliphatic heterocycles. The van der Waals surface area contributed by atoms with Gasteiger partial charge in [-0.05, 0) is 37.9 Å². The van der Waals surface area contributed by atoms with Crippen LogP contribution in [-0.2, 0) is 4.79 Å². The Morgan fingerprint density at radius 1 is 1.44 bits per heavy atom. The first-order chi connectivity index (χ1) is 8.70. The molecule has 0 aromatic carbocycles. The number of nitrogens with one attached hydrogen (secondary N) is 1. The Morgan fingerprint density at radius 2 is 2.17 bits per heavy atom. The molecule has 4 heteroatoms. The highest BCUT2D eigenvalue weighted by molar-refractivity contribution is 7.99. The first kappa shape index (κ1) is 13.7. The van der Waals surface area contributed by atoms with Crippen molar-refractivity contribution in [2.24, 2.45) is 5.41 Å². The standard InChI is InChI=1S/C14H22N2OS/c1-2-18-12-6-5-11(9-12)16-13(17)14(10-15)7-3-4-8-14/h11-12H,2-9H2,1H3,(H,16,17). The molecule has 0 spiro atoms. The smallest absolute Gasteiger partial charge is 0.240 e. The van der Waals surface area contributed by atoms with Crippen molar-refractivity contribution in [3.05, 3.63) is 0 Å². The van der Waals surface area contributed by atoms with Crippen LogP contribution in [0.4, 0.5) is 0 Å². The van der Waals surface area contributed by atoms with Crippen LogP contribution in [0.5, 0.6) is 0 Å². The zero-order valence-corrected chi connectivity index (χ0v) is 11.9. The van der Waals surface area contributed by atoms with Crippen LogP contribution in [0.15, 0.2) is 0 Å². The molecular weight excluding hydrogens is 244 g/mol. The van der Waals surface area contributed by atoms with Gasteiger partial charge in [0.25, 0.3) is 0 Å². The van der Waals surface area contributed by atoms with Crippen molar-refractivity contribution >= 4 is 17.7 Å². The van der Waals surface area contributed by atoms with Crippen molar-refractivity contribution in [3.8, 4) is 6.07 Å². The van der Waals surface area contributed by atoms with E-state index in [2.05, 4.69) is 18.3 Å². The van der Waals surface area contributed by atoms with Gasteiger partial charge in [-0.25, -0.2) is 0 Å². The Labute approximate surface area is 114 Å². The lowest BCUT2D eigenvalue weighted by atomic mass is 9.86. The van der Waals surface area contributed by atoms with Gasteiger partial charge < -0.3 is 5.32 Å². The average Bonchev–Trinajstić information content (AvgIpc) is 2.99. The lowest BCUT2D eigenvalue weighted by Crippen LogP contribution is -2.43. The molecular formula is C14H22N2OS. The third-order valence-corrected chi connectivity index (χ3v) is 5.46. The number of carbonyl (C=O) groups excluding carboxylic acids is 1. The van der Waals surface area contributed by atoms with Crippen molar-refractivity contribution < 1.29 is 4.79 Å². The third-order valence-electron chi connectivity index (χ3n) is 4.23. The molecule has 2 fully saturated rings. The normalized spacial score (nSPS) is 30.0. The van der Waals surface area contributed by atoms with E-state index in [-0.39, 0.29) is 5.91 Å². The van der Waals surface area contributed by atoms with E-state index < -0.39 is 5.41 Å². The Balaban J connectivity index is 1.87. The van der Waals surface area contributed by atoms with Gasteiger partial charge in [0.15, 0.2) is 0 Å². The summed E-state index contributed by atoms with van der Waals surface area (Å²) < 4.78 is 0. The fourth-order valence-electron chi connectivity index (χ4n) is 3.15. The van der Waals surface area contributed by atoms with E-state index in [4.69, 9.17) is 0 Å². The lowest BCUT2D eigenvalue weighted by molar-refractivity contribution is -0.128. The van der Waals surface area contributed by atoms with Crippen LogP contribution in [0.1, 0.15) is 51.9 Å². The second-order valence-corrected chi connectivity index (χ2v) is 7.04. The number of carbonyl (C=O) groups is 1. The average molecular weight is 266 g/mol. The summed E-state index contributed by atoms with van der Waals surface area (Å²) in [6, 6.07) is 2.57. The van der Waals surface area contributed by atoms with Gasteiger partial charge in [0, 0.05) is 11.3 Å². The highest BCUT2D eigenvalue weighted by atomic mass is 32.2. The summed E-state index contributed by atoms with van der Waals surface area (Å²) in [5, 5.41) is 13.1. The maximum Gasteiger partial charge on any atom is 0.240 e. The van der Waals surface area contributed by atoms with Crippen LogP contribution >= 0.6 is 11.8 Å². The molecule has 0 heterocycles. The van der Waals surface area contributed by atoms with Crippen LogP contribution in [0.2, 0.25) is 0 Å². The molecule has 0 aromatic rings. The minimum Gasteiger partial charge on any atom is -0.352 e. The van der Waals surface area contributed by atoms with Gasteiger partial charge in [-0.2, -0.15) is 17.0 Å². The van der Waals surface area contributed by atoms with Crippen LogP contribution in [0.3, 0.4) is 0 Å². The van der Waals surface area contributed by atoms with E-state index in [1.54, 1.807) is 0 Å². The van der Waals surface area contributed by atoms with Gasteiger partial charge >= 0.3 is 0 Å². The third kappa shape index (κ3) is 2.83. The molecule has 2 aliphatic carbocycles. The molecule has 2 rings (SSSR count). The molecule has 100 valence electrons. The van der Waals surface area contributed by atoms with Crippen LogP contribution < -0.4 is 5.32 Å². The highest BCUT2D eigenvalue weighted by Crippen LogP contribution is 2.38. The molecule has 2 aliphatic rings. The van der Waals surface area contributed by atoms with E-state index in [1.165, 1.54) is 6.42 Å². The minimum absolute atomic E-state index is 0.00496. The molecule has 1 N–H and O–H groups in total. The zero-order chi connectivity index (χ0) is 13.0. The number of hydrogen-bond acceptors (Lipinski definition) is 3. The van der Waals surface area contributed by atoms with Crippen molar-refractivity contribution in [3.63, 3.8) is 0 Å². The number of amides is 1. The second-order valence-electron chi connectivity index (χ2n) is 5.46. The first-order valence-corrected chi connectivity index (χ1v) is 8.09. The van der Waals surface area contributed by atoms with Crippen LogP contribution in [0.25, 0.3) is 0 Å². The van der Waals surface area contributed by atoms with E-state index >= 15 is 0 Å². The summed E-state index contributed by atoms with van der Waals surface area (Å²) in [7, 11) is 0. The highest BCUT2D eigenvalue weighted by Gasteiger charge is 2.42. The quantitative estimate of drug-likeness (QED) is 0.851. The Morgan fingerprint density at radius 3 is 2.78 bits per heavy atom. The Bertz CT molecular complexity index is 344. The first-order valence-electron chi connectivity index (χ1n) is 7.04. The topological polar surface area (TPSA) is 52.9 Å². The summed E-state index contributed by atoms with van der Waals surface area (Å²) in [6.45, 7) is 2.18. The van der Waals surface area contributed by atoms with Crippen LogP contribution in [0, 0.1) is 16.7 Å². The molecule has 0 saturated heterocycles. The summed E-state index contributed by atoms with van der Waals surface area (Å²) in [5.41, 5.74) is -0.712. The van der Waals surface area contributed by atoms with Crippen molar-refractivity contribution in [2.45, 2.75) is 63.2 Å². The molecule has 1 amide bonds. The molecule has 3 nitrogen and oxygen atoms in total. The van der Waals surface area contributed by atoms with Crippen LogP contribution in [-0.4, -0.2) is 23.0 Å². The van der Waals surface area contributed by atoms with E-state index in [0.717, 1.165) is 44.3 Å². The van der Waals surface area contributed by atoms with Crippen molar-refractivity contribution in [1.29, 1.82) is 5.26 Å². The van der Waals surface area contributed by atoms with E-state index in [0.29, 0.717) is 11.3 Å². The maximum absolute atomic E-state index is 12.3. The number of nitriles is 1. The van der Waals surface area contributed by atoms with Crippen molar-refractivity contribution in [1.82, 2.24) is 5.32 Å². The molecule has 0 aromatic heterocycles. The molecule has 2 saturated carbocycles. The number of nitrogens with zero attached hydrogens (tertiary/aromatic N) is 1. The Hall–Kier alpha value is -0.690. The summed E-state index contributed by atoms with van der Waals surface area (Å²) >= 11 is 1.99. The monoisotopic (exact) mass is 266 g/mol. The fourth-order valence-corrected chi connectivity index (χ4v) is 4.29. The zero-order valence-electron chi connectivity index (χ0n) is 11.1. The van der Waals surface area contributed by atoms with Gasteiger partial charge in [-0.3, -0.25) is 4.79 Å². The Kier molecular flexibility index (Phi) is 4.55. The maximum atomic E-state index is 12.3. The molecule has 0 radical (unpaired) electrons. The van der Waals surface area contributed by atoms with E-state index in [1.807, 2.05) is 11.8 Å². The van der Waals surface area contributed by atoms with E-state index in [9.17, 15) is 10.1 Å². The lowest BCUT2D eigenvalue weighted by Gasteiger charge is -2.22. The SMILES string of the molecule is CCSC1CCC(NC(=O)C2(C#N)CCCC2)C1. The predicted molar refractivity (Wildman–Crippen MR) is 74.2 cm³/mol. The van der Waals surface area contributed by atoms with Gasteiger partial charge in [0.2, 0.25) is 5.91 Å². The number of thioether (sulfide) groups is 1. The van der Waals surface area contributed by atoms with Gasteiger partial charge in [0.05, 0.1) is 6.07 Å². The minimum atomic E-state index is -0.712. The van der Waals surface area contributed by atoms with Crippen molar-refractivity contribution in [2.75, 3.05) is 5.75 Å². The molecule has 0 bridgehead atoms. The largest absolute Gasteiger partial charge is 0.352 e.